The van der Waals surface area contributed by atoms with E-state index in [1.54, 1.807) is 37.3 Å². The van der Waals surface area contributed by atoms with E-state index in [1.807, 2.05) is 0 Å². The van der Waals surface area contributed by atoms with Crippen molar-refractivity contribution in [1.82, 2.24) is 0 Å². The van der Waals surface area contributed by atoms with Gasteiger partial charge in [0.25, 0.3) is 5.91 Å². The Morgan fingerprint density at radius 2 is 1.86 bits per heavy atom. The largest absolute Gasteiger partial charge is 0.478 e. The van der Waals surface area contributed by atoms with Crippen molar-refractivity contribution < 1.29 is 14.7 Å². The van der Waals surface area contributed by atoms with E-state index in [1.165, 1.54) is 6.07 Å². The van der Waals surface area contributed by atoms with Crippen LogP contribution < -0.4 is 5.32 Å². The van der Waals surface area contributed by atoms with Gasteiger partial charge in [0, 0.05) is 10.2 Å². The van der Waals surface area contributed by atoms with Crippen molar-refractivity contribution in [3.05, 3.63) is 62.6 Å². The van der Waals surface area contributed by atoms with Crippen LogP contribution in [-0.2, 0) is 0 Å². The van der Waals surface area contributed by atoms with Crippen LogP contribution in [0.5, 0.6) is 0 Å². The minimum Gasteiger partial charge on any atom is -0.478 e. The molecule has 0 bridgehead atoms. The Labute approximate surface area is 134 Å². The summed E-state index contributed by atoms with van der Waals surface area (Å²) in [4.78, 5) is 23.2. The first-order valence-corrected chi connectivity index (χ1v) is 7.16. The van der Waals surface area contributed by atoms with Gasteiger partial charge in [0.05, 0.1) is 16.1 Å². The van der Waals surface area contributed by atoms with Crippen LogP contribution in [0.15, 0.2) is 40.9 Å². The molecule has 6 heteroatoms. The van der Waals surface area contributed by atoms with Crippen LogP contribution in [0.3, 0.4) is 0 Å². The summed E-state index contributed by atoms with van der Waals surface area (Å²) >= 11 is 9.28. The quantitative estimate of drug-likeness (QED) is 0.846. The second-order valence-electron chi connectivity index (χ2n) is 4.41. The predicted molar refractivity (Wildman–Crippen MR) is 85.2 cm³/mol. The lowest BCUT2D eigenvalue weighted by atomic mass is 10.1. The molecule has 1 amide bonds. The van der Waals surface area contributed by atoms with E-state index in [0.29, 0.717) is 21.8 Å². The average Bonchev–Trinajstić information content (AvgIpc) is 2.40. The topological polar surface area (TPSA) is 66.4 Å². The fourth-order valence-electron chi connectivity index (χ4n) is 1.80. The van der Waals surface area contributed by atoms with Crippen LogP contribution >= 0.6 is 27.5 Å². The summed E-state index contributed by atoms with van der Waals surface area (Å²) in [6.45, 7) is 1.70. The number of carbonyl (C=O) groups is 2. The average molecular weight is 369 g/mol. The SMILES string of the molecule is Cc1ccc(NC(=O)c2ccc(Br)cc2Cl)cc1C(=O)O. The van der Waals surface area contributed by atoms with Gasteiger partial charge in [-0.3, -0.25) is 4.79 Å². The van der Waals surface area contributed by atoms with E-state index in [4.69, 9.17) is 16.7 Å². The Kier molecular flexibility index (Phi) is 4.65. The Hall–Kier alpha value is -1.85. The Bertz CT molecular complexity index is 731. The number of anilines is 1. The molecule has 0 atom stereocenters. The second-order valence-corrected chi connectivity index (χ2v) is 5.74. The molecule has 2 N–H and O–H groups in total. The lowest BCUT2D eigenvalue weighted by Crippen LogP contribution is -2.13. The zero-order valence-electron chi connectivity index (χ0n) is 11.0. The molecule has 4 nitrogen and oxygen atoms in total. The molecule has 0 saturated carbocycles. The van der Waals surface area contributed by atoms with Gasteiger partial charge in [0.15, 0.2) is 0 Å². The molecular weight excluding hydrogens is 358 g/mol. The van der Waals surface area contributed by atoms with Crippen LogP contribution in [0.2, 0.25) is 5.02 Å². The number of rotatable bonds is 3. The Morgan fingerprint density at radius 1 is 1.14 bits per heavy atom. The lowest BCUT2D eigenvalue weighted by Gasteiger charge is -2.09. The van der Waals surface area contributed by atoms with Crippen molar-refractivity contribution in [3.63, 3.8) is 0 Å². The number of hydrogen-bond acceptors (Lipinski definition) is 2. The normalized spacial score (nSPS) is 10.2. The number of aryl methyl sites for hydroxylation is 1. The maximum atomic E-state index is 12.2. The molecule has 0 unspecified atom stereocenters. The molecular formula is C15H11BrClNO3. The molecule has 21 heavy (non-hydrogen) atoms. The van der Waals surface area contributed by atoms with Gasteiger partial charge in [-0.05, 0) is 42.8 Å². The zero-order valence-corrected chi connectivity index (χ0v) is 13.3. The first-order chi connectivity index (χ1) is 9.88. The molecule has 0 radical (unpaired) electrons. The Balaban J connectivity index is 2.27. The number of carboxylic acids is 1. The highest BCUT2D eigenvalue weighted by Crippen LogP contribution is 2.23. The third-order valence-corrected chi connectivity index (χ3v) is 3.71. The van der Waals surface area contributed by atoms with Crippen molar-refractivity contribution in [3.8, 4) is 0 Å². The molecule has 0 heterocycles. The monoisotopic (exact) mass is 367 g/mol. The predicted octanol–water partition coefficient (Wildman–Crippen LogP) is 4.36. The third kappa shape index (κ3) is 3.62. The molecule has 108 valence electrons. The molecule has 2 aromatic carbocycles. The number of carboxylic acid groups (broad SMARTS) is 1. The van der Waals surface area contributed by atoms with E-state index in [-0.39, 0.29) is 5.56 Å². The molecule has 0 fully saturated rings. The van der Waals surface area contributed by atoms with Crippen LogP contribution in [0.1, 0.15) is 26.3 Å². The highest BCUT2D eigenvalue weighted by molar-refractivity contribution is 9.10. The van der Waals surface area contributed by atoms with Crippen molar-refractivity contribution in [2.45, 2.75) is 6.92 Å². The van der Waals surface area contributed by atoms with E-state index >= 15 is 0 Å². The molecule has 0 spiro atoms. The van der Waals surface area contributed by atoms with E-state index in [9.17, 15) is 9.59 Å². The molecule has 0 aliphatic heterocycles. The summed E-state index contributed by atoms with van der Waals surface area (Å²) in [7, 11) is 0. The van der Waals surface area contributed by atoms with Gasteiger partial charge < -0.3 is 10.4 Å². The molecule has 2 aromatic rings. The van der Waals surface area contributed by atoms with Gasteiger partial charge >= 0.3 is 5.97 Å². The van der Waals surface area contributed by atoms with Gasteiger partial charge in [0.2, 0.25) is 0 Å². The van der Waals surface area contributed by atoms with Crippen LogP contribution in [0, 0.1) is 6.92 Å². The minimum atomic E-state index is -1.04. The van der Waals surface area contributed by atoms with Crippen molar-refractivity contribution in [2.75, 3.05) is 5.32 Å². The summed E-state index contributed by atoms with van der Waals surface area (Å²) in [5.74, 6) is -1.43. The molecule has 2 rings (SSSR count). The number of halogens is 2. The summed E-state index contributed by atoms with van der Waals surface area (Å²) in [5, 5.41) is 12.0. The number of benzene rings is 2. The summed E-state index contributed by atoms with van der Waals surface area (Å²) < 4.78 is 0.771. The number of nitrogens with one attached hydrogen (secondary N) is 1. The molecule has 0 aromatic heterocycles. The van der Waals surface area contributed by atoms with Crippen molar-refractivity contribution in [1.29, 1.82) is 0 Å². The van der Waals surface area contributed by atoms with Gasteiger partial charge in [-0.25, -0.2) is 4.79 Å². The fraction of sp³-hybridized carbons (Fsp3) is 0.0667. The van der Waals surface area contributed by atoms with Crippen LogP contribution in [0.4, 0.5) is 5.69 Å². The van der Waals surface area contributed by atoms with Crippen LogP contribution in [0.25, 0.3) is 0 Å². The van der Waals surface area contributed by atoms with E-state index in [0.717, 1.165) is 4.47 Å². The number of aromatic carboxylic acids is 1. The highest BCUT2D eigenvalue weighted by atomic mass is 79.9. The van der Waals surface area contributed by atoms with E-state index < -0.39 is 11.9 Å². The van der Waals surface area contributed by atoms with Gasteiger partial charge in [-0.15, -0.1) is 0 Å². The first kappa shape index (κ1) is 15.5. The van der Waals surface area contributed by atoms with Gasteiger partial charge in [-0.1, -0.05) is 33.6 Å². The maximum absolute atomic E-state index is 12.2. The lowest BCUT2D eigenvalue weighted by molar-refractivity contribution is 0.0695. The molecule has 0 aliphatic rings. The third-order valence-electron chi connectivity index (χ3n) is 2.90. The van der Waals surface area contributed by atoms with Crippen LogP contribution in [-0.4, -0.2) is 17.0 Å². The van der Waals surface area contributed by atoms with Crippen molar-refractivity contribution in [2.24, 2.45) is 0 Å². The molecule has 0 saturated heterocycles. The van der Waals surface area contributed by atoms with Gasteiger partial charge in [0.1, 0.15) is 0 Å². The smallest absolute Gasteiger partial charge is 0.336 e. The first-order valence-electron chi connectivity index (χ1n) is 5.99. The number of carbonyl (C=O) groups excluding carboxylic acids is 1. The van der Waals surface area contributed by atoms with Gasteiger partial charge in [-0.2, -0.15) is 0 Å². The molecule has 0 aliphatic carbocycles. The number of amides is 1. The zero-order chi connectivity index (χ0) is 15.6. The highest BCUT2D eigenvalue weighted by Gasteiger charge is 2.13. The number of hydrogen-bond donors (Lipinski definition) is 2. The maximum Gasteiger partial charge on any atom is 0.336 e. The fourth-order valence-corrected chi connectivity index (χ4v) is 2.56. The minimum absolute atomic E-state index is 0.148. The second kappa shape index (κ2) is 6.28. The standard InChI is InChI=1S/C15H11BrClNO3/c1-8-2-4-10(7-12(8)15(20)21)18-14(19)11-5-3-9(16)6-13(11)17/h2-7H,1H3,(H,18,19)(H,20,21). The van der Waals surface area contributed by atoms with E-state index in [2.05, 4.69) is 21.2 Å². The summed E-state index contributed by atoms with van der Waals surface area (Å²) in [6, 6.07) is 9.62. The van der Waals surface area contributed by atoms with Crippen molar-refractivity contribution >= 4 is 45.1 Å². The Morgan fingerprint density at radius 3 is 2.48 bits per heavy atom. The summed E-state index contributed by atoms with van der Waals surface area (Å²) in [6.07, 6.45) is 0. The summed E-state index contributed by atoms with van der Waals surface area (Å²) in [5.41, 5.74) is 1.50.